The lowest BCUT2D eigenvalue weighted by atomic mass is 9.91. The Balaban J connectivity index is -0.000000519. The van der Waals surface area contributed by atoms with Crippen molar-refractivity contribution in [3.8, 4) is 0 Å². The molecule has 0 bridgehead atoms. The van der Waals surface area contributed by atoms with E-state index in [2.05, 4.69) is 237 Å². The lowest BCUT2D eigenvalue weighted by molar-refractivity contribution is -0.139. The second-order valence-corrected chi connectivity index (χ2v) is 74.6. The Morgan fingerprint density at radius 3 is 1.26 bits per heavy atom. The van der Waals surface area contributed by atoms with Crippen LogP contribution in [0.3, 0.4) is 0 Å². The van der Waals surface area contributed by atoms with Crippen LogP contribution in [0.4, 0.5) is 0 Å². The molecule has 0 saturated heterocycles. The van der Waals surface area contributed by atoms with E-state index in [9.17, 15) is 9.59 Å². The molecule has 2 atom stereocenters. The van der Waals surface area contributed by atoms with Gasteiger partial charge in [-0.1, -0.05) is 144 Å². The van der Waals surface area contributed by atoms with Crippen molar-refractivity contribution in [1.82, 2.24) is 0 Å². The van der Waals surface area contributed by atoms with Crippen molar-refractivity contribution < 1.29 is 43.8 Å². The molecule has 0 aliphatic rings. The van der Waals surface area contributed by atoms with E-state index in [1.807, 2.05) is 6.08 Å². The zero-order chi connectivity index (χ0) is 69.9. The van der Waals surface area contributed by atoms with Gasteiger partial charge < -0.3 is 34.2 Å². The first kappa shape index (κ1) is 95.1. The molecule has 24 heteroatoms. The largest absolute Gasteiger partial charge is 0.463 e. The molecule has 0 saturated carbocycles. The number of hydrogen-bond acceptors (Lipinski definition) is 10. The predicted octanol–water partition coefficient (Wildman–Crippen LogP) is 14.5. The molecule has 1 aromatic rings. The Hall–Kier alpha value is -0.344. The first-order chi connectivity index (χ1) is 40.5. The summed E-state index contributed by atoms with van der Waals surface area (Å²) in [5.74, 6) is -0.575. The van der Waals surface area contributed by atoms with Crippen molar-refractivity contribution in [1.29, 1.82) is 0 Å². The summed E-state index contributed by atoms with van der Waals surface area (Å²) in [4.78, 5) is 22.5. The van der Waals surface area contributed by atoms with E-state index < -0.39 is 98.7 Å². The van der Waals surface area contributed by atoms with Crippen LogP contribution in [0, 0.1) is 10.8 Å². The Labute approximate surface area is 577 Å². The summed E-state index contributed by atoms with van der Waals surface area (Å²) in [5.41, 5.74) is 2.83. The molecular formula is C65H146O10Si14. The number of benzene rings is 1. The van der Waals surface area contributed by atoms with E-state index in [0.717, 1.165) is 24.9 Å². The van der Waals surface area contributed by atoms with Gasteiger partial charge in [0.15, 0.2) is 79.2 Å². The summed E-state index contributed by atoms with van der Waals surface area (Å²) in [6.07, 6.45) is 10.5. The highest BCUT2D eigenvalue weighted by molar-refractivity contribution is 6.80. The normalized spacial score (nSPS) is 13.8. The smallest absolute Gasteiger partial charge is 0.333 e. The predicted molar refractivity (Wildman–Crippen MR) is 439 cm³/mol. The third-order valence-electron chi connectivity index (χ3n) is 14.4. The summed E-state index contributed by atoms with van der Waals surface area (Å²) < 4.78 is 47.2. The van der Waals surface area contributed by atoms with Crippen LogP contribution < -0.4 is 5.19 Å². The van der Waals surface area contributed by atoms with E-state index in [1.54, 1.807) is 13.8 Å². The van der Waals surface area contributed by atoms with Crippen LogP contribution in [0.15, 0.2) is 80.5 Å². The molecule has 0 aromatic heterocycles. The summed E-state index contributed by atoms with van der Waals surface area (Å²) in [5, 5.41) is 2.63. The van der Waals surface area contributed by atoms with Gasteiger partial charge in [0.2, 0.25) is 0 Å². The van der Waals surface area contributed by atoms with Crippen molar-refractivity contribution in [3.05, 3.63) is 86.0 Å². The van der Waals surface area contributed by atoms with Crippen LogP contribution in [0.5, 0.6) is 0 Å². The second-order valence-electron chi connectivity index (χ2n) is 31.8. The van der Waals surface area contributed by atoms with Gasteiger partial charge in [-0.25, -0.2) is 9.59 Å². The lowest BCUT2D eigenvalue weighted by Crippen LogP contribution is -2.37. The van der Waals surface area contributed by atoms with Gasteiger partial charge in [-0.15, -0.1) is 13.2 Å². The van der Waals surface area contributed by atoms with Crippen LogP contribution in [-0.4, -0.2) is 153 Å². The Morgan fingerprint density at radius 1 is 0.528 bits per heavy atom. The minimum absolute atomic E-state index is 0.113. The van der Waals surface area contributed by atoms with Crippen molar-refractivity contribution in [2.24, 2.45) is 10.8 Å². The number of carbonyl (C=O) groups excluding carboxylic acids is 2. The molecular weight excluding hydrogens is 1330 g/mol. The van der Waals surface area contributed by atoms with E-state index in [0.29, 0.717) is 45.3 Å². The molecule has 2 unspecified atom stereocenters. The van der Waals surface area contributed by atoms with Crippen LogP contribution in [0.2, 0.25) is 169 Å². The molecule has 0 aliphatic heterocycles. The summed E-state index contributed by atoms with van der Waals surface area (Å²) in [7, 11) is -11.2. The van der Waals surface area contributed by atoms with Gasteiger partial charge in [0.25, 0.3) is 0 Å². The van der Waals surface area contributed by atoms with Crippen LogP contribution in [0.25, 0.3) is 6.08 Å². The highest BCUT2D eigenvalue weighted by Gasteiger charge is 2.27. The van der Waals surface area contributed by atoms with E-state index in [-0.39, 0.29) is 40.7 Å². The average molecular weight is 1480 g/mol. The number of allylic oxidation sites excluding steroid dienone is 2. The zero-order valence-corrected chi connectivity index (χ0v) is 80.6. The van der Waals surface area contributed by atoms with Gasteiger partial charge in [-0.2, -0.15) is 0 Å². The summed E-state index contributed by atoms with van der Waals surface area (Å²) in [6.45, 7) is 80.6. The number of ether oxygens (including phenoxy) is 2. The van der Waals surface area contributed by atoms with Crippen molar-refractivity contribution >= 4 is 151 Å². The number of carbonyl (C=O) groups is 2. The van der Waals surface area contributed by atoms with Crippen LogP contribution in [-0.2, 0) is 43.8 Å². The average Bonchev–Trinajstić information content (AvgIpc) is 3.42. The number of esters is 2. The third-order valence-corrected chi connectivity index (χ3v) is 54.1. The molecule has 10 nitrogen and oxygen atoms in total. The Morgan fingerprint density at radius 2 is 0.921 bits per heavy atom. The fourth-order valence-electron chi connectivity index (χ4n) is 8.39. The maximum Gasteiger partial charge on any atom is 0.333 e. The molecule has 0 radical (unpaired) electrons. The topological polar surface area (TPSA) is 108 Å². The van der Waals surface area contributed by atoms with Gasteiger partial charge in [-0.05, 0) is 218 Å². The highest BCUT2D eigenvalue weighted by atomic mass is 28.4. The first-order valence-corrected chi connectivity index (χ1v) is 66.7. The first-order valence-electron chi connectivity index (χ1n) is 34.0. The van der Waals surface area contributed by atoms with Crippen molar-refractivity contribution in [3.63, 3.8) is 0 Å². The fourth-order valence-corrected chi connectivity index (χ4v) is 48.4. The van der Waals surface area contributed by atoms with E-state index in [1.165, 1.54) is 71.9 Å². The standard InChI is InChI=1S/C15H36O4Si4.C14H34O4Si4.C14H28O2Si4.2C11H24Si/c1-14(2)15(16)17-10-9-11-20-18-23(7,8)13-12-21(3)19-22(4,5)6;1-13(2)14(15)16-9-8-10-19-17-22(6,7)12-11-21(5)18-20(3)4;1-6-13-7-9-14(10-8-13)18-16-20(4,5)12-11-17-15-19(2)3;2*1-7-11(5,6)8-9-12-10(2,3)4/h21H,1,9-13,20H2,2-8H3;20-21H,1,8-12,19H2,2-7H3;6-10,19H,1,11-12,17-18H2,2-5H3;2*7H,1,8-9,12H2,2-6H3. The quantitative estimate of drug-likeness (QED) is 0.0207. The molecule has 89 heavy (non-hydrogen) atoms. The maximum absolute atomic E-state index is 11.2. The third kappa shape index (κ3) is 68.8. The van der Waals surface area contributed by atoms with E-state index in [4.69, 9.17) is 34.2 Å². The van der Waals surface area contributed by atoms with Crippen LogP contribution in [0.1, 0.15) is 114 Å². The molecule has 1 rings (SSSR count). The molecule has 0 aliphatic carbocycles. The lowest BCUT2D eigenvalue weighted by Gasteiger charge is -2.27. The van der Waals surface area contributed by atoms with Crippen molar-refractivity contribution in [2.45, 2.75) is 277 Å². The zero-order valence-electron chi connectivity index (χ0n) is 63.5. The van der Waals surface area contributed by atoms with Crippen molar-refractivity contribution in [2.75, 3.05) is 13.2 Å². The fraction of sp³-hybridized carbons (Fsp3) is 0.723. The molecule has 1 aromatic carbocycles. The summed E-state index contributed by atoms with van der Waals surface area (Å²) in [6, 6.07) is 21.1. The molecule has 0 heterocycles. The monoisotopic (exact) mass is 1480 g/mol. The van der Waals surface area contributed by atoms with E-state index >= 15 is 0 Å². The van der Waals surface area contributed by atoms with Gasteiger partial charge >= 0.3 is 11.9 Å². The molecule has 0 amide bonds. The SMILES string of the molecule is C=C(C)C(=O)OCCC[SiH2]O[Si](C)(C)CC[SiH](C)O[SiH](C)C.C=C(C)C(=O)OCCC[SiH2]O[Si](C)(C)CC[SiH](C)O[Si](C)(C)C.C=CC(C)(C)CC[SiH2]C(C)(C)C.C=CC(C)(C)CC[SiH2]C(C)(C)C.C=Cc1ccc([SiH2]O[Si](C)(C)CC[SiH2]O[SiH](C)C)cc1. The van der Waals surface area contributed by atoms with Gasteiger partial charge in [0, 0.05) is 30.2 Å². The molecule has 0 N–H and O–H groups in total. The summed E-state index contributed by atoms with van der Waals surface area (Å²) >= 11 is 0. The maximum atomic E-state index is 11.2. The number of hydrogen-bond donors (Lipinski definition) is 0. The van der Waals surface area contributed by atoms with Crippen LogP contribution >= 0.6 is 0 Å². The van der Waals surface area contributed by atoms with Gasteiger partial charge in [0.05, 0.1) is 13.2 Å². The highest BCUT2D eigenvalue weighted by Crippen LogP contribution is 2.30. The molecule has 522 valence electrons. The molecule has 0 spiro atoms. The second kappa shape index (κ2) is 50.1. The minimum Gasteiger partial charge on any atom is -0.463 e. The molecule has 0 fully saturated rings. The number of rotatable bonds is 41. The Bertz CT molecular complexity index is 2030. The van der Waals surface area contributed by atoms with Gasteiger partial charge in [-0.3, -0.25) is 0 Å². The minimum atomic E-state index is -1.53. The van der Waals surface area contributed by atoms with Gasteiger partial charge in [0.1, 0.15) is 29.3 Å². The Kier molecular flexibility index (Phi) is 53.5.